The predicted octanol–water partition coefficient (Wildman–Crippen LogP) is 0.856. The highest BCUT2D eigenvalue weighted by Gasteiger charge is 2.11. The van der Waals surface area contributed by atoms with Crippen molar-refractivity contribution in [3.63, 3.8) is 0 Å². The van der Waals surface area contributed by atoms with Crippen LogP contribution in [0.15, 0.2) is 12.1 Å². The van der Waals surface area contributed by atoms with E-state index in [2.05, 4.69) is 11.4 Å². The van der Waals surface area contributed by atoms with Crippen molar-refractivity contribution in [3.8, 4) is 5.75 Å². The summed E-state index contributed by atoms with van der Waals surface area (Å²) in [6.45, 7) is 5.01. The van der Waals surface area contributed by atoms with Crippen LogP contribution in [0, 0.1) is 13.8 Å². The van der Waals surface area contributed by atoms with E-state index in [1.54, 1.807) is 7.11 Å². The molecule has 1 rings (SSSR count). The highest BCUT2D eigenvalue weighted by Crippen LogP contribution is 2.24. The summed E-state index contributed by atoms with van der Waals surface area (Å²) in [6.07, 6.45) is 0.779. The van der Waals surface area contributed by atoms with Gasteiger partial charge in [0, 0.05) is 6.54 Å². The summed E-state index contributed by atoms with van der Waals surface area (Å²) in [6, 6.07) is 3.26. The molecule has 0 aliphatic heterocycles. The Bertz CT molecular complexity index is 447. The lowest BCUT2D eigenvalue weighted by Gasteiger charge is -2.14. The number of aryl methyl sites for hydroxylation is 2. The van der Waals surface area contributed by atoms with E-state index in [-0.39, 0.29) is 6.54 Å². The largest absolute Gasteiger partial charge is 0.496 e. The number of nitrogens with two attached hydrogens (primary N) is 1. The van der Waals surface area contributed by atoms with E-state index in [9.17, 15) is 4.79 Å². The minimum atomic E-state index is -0.989. The number of hydrogen-bond acceptors (Lipinski definition) is 4. The van der Waals surface area contributed by atoms with E-state index in [0.717, 1.165) is 17.7 Å². The van der Waals surface area contributed by atoms with Crippen molar-refractivity contribution in [2.24, 2.45) is 5.73 Å². The molecule has 0 heterocycles. The third-order valence-corrected chi connectivity index (χ3v) is 3.03. The van der Waals surface area contributed by atoms with Crippen LogP contribution in [0.25, 0.3) is 0 Å². The molecule has 0 aliphatic rings. The number of carbonyl (C=O) groups is 1. The second-order valence-corrected chi connectivity index (χ2v) is 4.66. The van der Waals surface area contributed by atoms with Crippen molar-refractivity contribution in [2.75, 3.05) is 20.2 Å². The Morgan fingerprint density at radius 3 is 2.74 bits per heavy atom. The third kappa shape index (κ3) is 4.54. The molecule has 0 radical (unpaired) electrons. The molecule has 0 saturated carbocycles. The maximum atomic E-state index is 10.6. The van der Waals surface area contributed by atoms with Crippen LogP contribution in [0.1, 0.15) is 16.7 Å². The Balaban J connectivity index is 2.56. The summed E-state index contributed by atoms with van der Waals surface area (Å²) >= 11 is 0. The number of benzene rings is 1. The first-order valence-electron chi connectivity index (χ1n) is 6.29. The molecular weight excluding hydrogens is 244 g/mol. The SMILES string of the molecule is COc1cc(C)cc(C)c1CCNCC(N)C(=O)O. The van der Waals surface area contributed by atoms with Crippen molar-refractivity contribution in [3.05, 3.63) is 28.8 Å². The molecule has 1 aromatic rings. The Kier molecular flexibility index (Phi) is 5.79. The number of rotatable bonds is 7. The van der Waals surface area contributed by atoms with Gasteiger partial charge >= 0.3 is 5.97 Å². The van der Waals surface area contributed by atoms with Gasteiger partial charge in [-0.25, -0.2) is 0 Å². The van der Waals surface area contributed by atoms with Gasteiger partial charge in [-0.15, -0.1) is 0 Å². The molecule has 0 amide bonds. The molecule has 0 aliphatic carbocycles. The number of carboxylic acids is 1. The van der Waals surface area contributed by atoms with E-state index in [1.807, 2.05) is 19.9 Å². The first kappa shape index (κ1) is 15.5. The molecule has 5 heteroatoms. The Labute approximate surface area is 113 Å². The quantitative estimate of drug-likeness (QED) is 0.637. The van der Waals surface area contributed by atoms with Crippen LogP contribution >= 0.6 is 0 Å². The molecule has 106 valence electrons. The second-order valence-electron chi connectivity index (χ2n) is 4.66. The maximum Gasteiger partial charge on any atom is 0.321 e. The van der Waals surface area contributed by atoms with E-state index < -0.39 is 12.0 Å². The van der Waals surface area contributed by atoms with Gasteiger partial charge < -0.3 is 20.9 Å². The van der Waals surface area contributed by atoms with E-state index in [4.69, 9.17) is 15.6 Å². The standard InChI is InChI=1S/C14H22N2O3/c1-9-6-10(2)11(13(7-9)19-3)4-5-16-8-12(15)14(17)18/h6-7,12,16H,4-5,8,15H2,1-3H3,(H,17,18). The summed E-state index contributed by atoms with van der Waals surface area (Å²) in [5.74, 6) is -0.113. The van der Waals surface area contributed by atoms with Crippen LogP contribution in [0.2, 0.25) is 0 Å². The van der Waals surface area contributed by atoms with Crippen LogP contribution in [0.5, 0.6) is 5.75 Å². The number of nitrogens with one attached hydrogen (secondary N) is 1. The Morgan fingerprint density at radius 2 is 2.16 bits per heavy atom. The molecule has 0 aromatic heterocycles. The zero-order valence-corrected chi connectivity index (χ0v) is 11.7. The fourth-order valence-corrected chi connectivity index (χ4v) is 2.02. The number of carboxylic acid groups (broad SMARTS) is 1. The van der Waals surface area contributed by atoms with Gasteiger partial charge in [-0.2, -0.15) is 0 Å². The van der Waals surface area contributed by atoms with Gasteiger partial charge in [0.05, 0.1) is 7.11 Å². The Hall–Kier alpha value is -1.59. The third-order valence-electron chi connectivity index (χ3n) is 3.03. The normalized spacial score (nSPS) is 12.2. The first-order chi connectivity index (χ1) is 8.95. The minimum Gasteiger partial charge on any atom is -0.496 e. The van der Waals surface area contributed by atoms with Crippen LogP contribution in [0.4, 0.5) is 0 Å². The van der Waals surface area contributed by atoms with Crippen molar-refractivity contribution < 1.29 is 14.6 Å². The molecule has 19 heavy (non-hydrogen) atoms. The number of ether oxygens (including phenoxy) is 1. The van der Waals surface area contributed by atoms with Gasteiger partial charge in [0.1, 0.15) is 11.8 Å². The topological polar surface area (TPSA) is 84.6 Å². The van der Waals surface area contributed by atoms with Gasteiger partial charge in [0.25, 0.3) is 0 Å². The lowest BCUT2D eigenvalue weighted by Crippen LogP contribution is -2.40. The molecule has 1 atom stereocenters. The zero-order chi connectivity index (χ0) is 14.4. The molecular formula is C14H22N2O3. The smallest absolute Gasteiger partial charge is 0.321 e. The molecule has 5 nitrogen and oxygen atoms in total. The lowest BCUT2D eigenvalue weighted by molar-refractivity contribution is -0.138. The first-order valence-corrected chi connectivity index (χ1v) is 6.29. The fraction of sp³-hybridized carbons (Fsp3) is 0.500. The molecule has 4 N–H and O–H groups in total. The van der Waals surface area contributed by atoms with Gasteiger partial charge in [-0.05, 0) is 49.6 Å². The number of hydrogen-bond donors (Lipinski definition) is 3. The molecule has 1 aromatic carbocycles. The average molecular weight is 266 g/mol. The zero-order valence-electron chi connectivity index (χ0n) is 11.7. The second kappa shape index (κ2) is 7.11. The van der Waals surface area contributed by atoms with Gasteiger partial charge in [0.2, 0.25) is 0 Å². The minimum absolute atomic E-state index is 0.266. The van der Waals surface area contributed by atoms with Gasteiger partial charge in [0.15, 0.2) is 0 Å². The molecule has 1 unspecified atom stereocenters. The molecule has 0 bridgehead atoms. The van der Waals surface area contributed by atoms with Crippen LogP contribution in [0.3, 0.4) is 0 Å². The van der Waals surface area contributed by atoms with Crippen molar-refractivity contribution >= 4 is 5.97 Å². The number of methoxy groups -OCH3 is 1. The Morgan fingerprint density at radius 1 is 1.47 bits per heavy atom. The highest BCUT2D eigenvalue weighted by molar-refractivity contribution is 5.73. The van der Waals surface area contributed by atoms with Crippen molar-refractivity contribution in [1.82, 2.24) is 5.32 Å². The van der Waals surface area contributed by atoms with E-state index >= 15 is 0 Å². The monoisotopic (exact) mass is 266 g/mol. The average Bonchev–Trinajstić information content (AvgIpc) is 2.35. The van der Waals surface area contributed by atoms with Gasteiger partial charge in [-0.3, -0.25) is 4.79 Å². The summed E-state index contributed by atoms with van der Waals surface area (Å²) in [5.41, 5.74) is 8.91. The lowest BCUT2D eigenvalue weighted by atomic mass is 10.0. The van der Waals surface area contributed by atoms with Gasteiger partial charge in [-0.1, -0.05) is 6.07 Å². The predicted molar refractivity (Wildman–Crippen MR) is 74.7 cm³/mol. The summed E-state index contributed by atoms with van der Waals surface area (Å²) in [5, 5.41) is 11.7. The summed E-state index contributed by atoms with van der Waals surface area (Å²) in [7, 11) is 1.66. The molecule has 0 fully saturated rings. The van der Waals surface area contributed by atoms with Crippen LogP contribution in [-0.2, 0) is 11.2 Å². The van der Waals surface area contributed by atoms with E-state index in [1.165, 1.54) is 11.1 Å². The maximum absolute atomic E-state index is 10.6. The van der Waals surface area contributed by atoms with Crippen molar-refractivity contribution in [1.29, 1.82) is 0 Å². The number of aliphatic carboxylic acids is 1. The molecule has 0 spiro atoms. The van der Waals surface area contributed by atoms with Crippen molar-refractivity contribution in [2.45, 2.75) is 26.3 Å². The van der Waals surface area contributed by atoms with E-state index in [0.29, 0.717) is 6.54 Å². The fourth-order valence-electron chi connectivity index (χ4n) is 2.02. The summed E-state index contributed by atoms with van der Waals surface area (Å²) in [4.78, 5) is 10.6. The summed E-state index contributed by atoms with van der Waals surface area (Å²) < 4.78 is 5.38. The highest BCUT2D eigenvalue weighted by atomic mass is 16.5. The van der Waals surface area contributed by atoms with Crippen LogP contribution in [-0.4, -0.2) is 37.3 Å². The van der Waals surface area contributed by atoms with Crippen LogP contribution < -0.4 is 15.8 Å². The molecule has 0 saturated heterocycles.